The molecule has 0 aromatic rings. The Kier molecular flexibility index (Phi) is 7.56. The van der Waals surface area contributed by atoms with Crippen LogP contribution in [0.4, 0.5) is 0 Å². The minimum absolute atomic E-state index is 0.0829. The molecule has 2 nitrogen and oxygen atoms in total. The predicted molar refractivity (Wildman–Crippen MR) is 55.5 cm³/mol. The maximum Gasteiger partial charge on any atom is 0.230 e. The molecular formula is C9H18BrNO. The largest absolute Gasteiger partial charge is 0.355 e. The first-order valence-electron chi connectivity index (χ1n) is 4.49. The summed E-state index contributed by atoms with van der Waals surface area (Å²) in [6, 6.07) is 0. The molecule has 12 heavy (non-hydrogen) atoms. The molecule has 0 rings (SSSR count). The van der Waals surface area contributed by atoms with Gasteiger partial charge in [0.05, 0.1) is 5.33 Å². The third kappa shape index (κ3) is 8.05. The topological polar surface area (TPSA) is 29.1 Å². The normalized spacial score (nSPS) is 10.3. The van der Waals surface area contributed by atoms with Crippen molar-refractivity contribution in [3.63, 3.8) is 0 Å². The number of carbonyl (C=O) groups is 1. The average molecular weight is 236 g/mol. The van der Waals surface area contributed by atoms with E-state index >= 15 is 0 Å². The summed E-state index contributed by atoms with van der Waals surface area (Å²) in [4.78, 5) is 10.8. The average Bonchev–Trinajstić information content (AvgIpc) is 2.03. The second-order valence-corrected chi connectivity index (χ2v) is 3.93. The Hall–Kier alpha value is -0.0500. The maximum absolute atomic E-state index is 10.8. The SMILES string of the molecule is CC(C)CCCCNC(=O)CBr. The smallest absolute Gasteiger partial charge is 0.230 e. The van der Waals surface area contributed by atoms with E-state index in [1.54, 1.807) is 0 Å². The minimum Gasteiger partial charge on any atom is -0.355 e. The number of rotatable bonds is 6. The number of alkyl halides is 1. The fourth-order valence-electron chi connectivity index (χ4n) is 0.953. The van der Waals surface area contributed by atoms with Crippen molar-refractivity contribution in [1.29, 1.82) is 0 Å². The molecule has 0 unspecified atom stereocenters. The molecule has 0 spiro atoms. The van der Waals surface area contributed by atoms with Crippen molar-refractivity contribution in [2.24, 2.45) is 5.92 Å². The molecule has 0 aliphatic carbocycles. The first-order chi connectivity index (χ1) is 5.66. The molecule has 0 aliphatic heterocycles. The molecule has 0 saturated carbocycles. The Morgan fingerprint density at radius 1 is 1.42 bits per heavy atom. The van der Waals surface area contributed by atoms with Crippen LogP contribution in [0.2, 0.25) is 0 Å². The molecule has 0 atom stereocenters. The summed E-state index contributed by atoms with van der Waals surface area (Å²) >= 11 is 3.10. The third-order valence-corrected chi connectivity index (χ3v) is 2.16. The lowest BCUT2D eigenvalue weighted by atomic mass is 10.1. The molecule has 0 saturated heterocycles. The van der Waals surface area contributed by atoms with Crippen LogP contribution in [-0.4, -0.2) is 17.8 Å². The molecule has 0 fully saturated rings. The van der Waals surface area contributed by atoms with Crippen molar-refractivity contribution >= 4 is 21.8 Å². The van der Waals surface area contributed by atoms with E-state index in [0.29, 0.717) is 5.33 Å². The van der Waals surface area contributed by atoms with Gasteiger partial charge in [-0.2, -0.15) is 0 Å². The lowest BCUT2D eigenvalue weighted by Gasteiger charge is -2.04. The van der Waals surface area contributed by atoms with Gasteiger partial charge in [0.2, 0.25) is 5.91 Å². The summed E-state index contributed by atoms with van der Waals surface area (Å²) in [6.45, 7) is 5.26. The van der Waals surface area contributed by atoms with Crippen LogP contribution >= 0.6 is 15.9 Å². The number of carbonyl (C=O) groups excluding carboxylic acids is 1. The van der Waals surface area contributed by atoms with E-state index in [1.807, 2.05) is 0 Å². The zero-order valence-corrected chi connectivity index (χ0v) is 9.49. The maximum atomic E-state index is 10.8. The van der Waals surface area contributed by atoms with Gasteiger partial charge in [-0.15, -0.1) is 0 Å². The number of hydrogen-bond acceptors (Lipinski definition) is 1. The predicted octanol–water partition coefficient (Wildman–Crippen LogP) is 2.32. The van der Waals surface area contributed by atoms with Gasteiger partial charge in [-0.3, -0.25) is 4.79 Å². The summed E-state index contributed by atoms with van der Waals surface area (Å²) in [7, 11) is 0. The quantitative estimate of drug-likeness (QED) is 0.556. The van der Waals surface area contributed by atoms with Crippen LogP contribution in [0.3, 0.4) is 0 Å². The van der Waals surface area contributed by atoms with E-state index in [1.165, 1.54) is 12.8 Å². The highest BCUT2D eigenvalue weighted by atomic mass is 79.9. The highest BCUT2D eigenvalue weighted by Crippen LogP contribution is 2.04. The third-order valence-electron chi connectivity index (χ3n) is 1.65. The summed E-state index contributed by atoms with van der Waals surface area (Å²) in [5.74, 6) is 0.858. The molecule has 3 heteroatoms. The van der Waals surface area contributed by atoms with Crippen molar-refractivity contribution in [3.05, 3.63) is 0 Å². The number of hydrogen-bond donors (Lipinski definition) is 1. The van der Waals surface area contributed by atoms with E-state index in [4.69, 9.17) is 0 Å². The van der Waals surface area contributed by atoms with Gasteiger partial charge in [-0.1, -0.05) is 42.6 Å². The molecule has 0 aromatic heterocycles. The van der Waals surface area contributed by atoms with Crippen LogP contribution in [0, 0.1) is 5.92 Å². The number of halogens is 1. The van der Waals surface area contributed by atoms with Gasteiger partial charge in [0.1, 0.15) is 0 Å². The first kappa shape index (κ1) is 11.9. The van der Waals surface area contributed by atoms with Crippen molar-refractivity contribution in [2.45, 2.75) is 33.1 Å². The highest BCUT2D eigenvalue weighted by molar-refractivity contribution is 9.09. The van der Waals surface area contributed by atoms with E-state index in [-0.39, 0.29) is 5.91 Å². The molecule has 0 radical (unpaired) electrons. The summed E-state index contributed by atoms with van der Waals surface area (Å²) in [5, 5.41) is 3.23. The zero-order chi connectivity index (χ0) is 9.40. The van der Waals surface area contributed by atoms with E-state index < -0.39 is 0 Å². The molecule has 0 aromatic carbocycles. The van der Waals surface area contributed by atoms with Crippen LogP contribution in [0.1, 0.15) is 33.1 Å². The zero-order valence-electron chi connectivity index (χ0n) is 7.90. The summed E-state index contributed by atoms with van der Waals surface area (Å²) in [5.41, 5.74) is 0. The molecule has 1 N–H and O–H groups in total. The summed E-state index contributed by atoms with van der Waals surface area (Å²) in [6.07, 6.45) is 3.56. The second-order valence-electron chi connectivity index (χ2n) is 3.37. The summed E-state index contributed by atoms with van der Waals surface area (Å²) < 4.78 is 0. The molecule has 1 amide bonds. The van der Waals surface area contributed by atoms with Crippen molar-refractivity contribution in [1.82, 2.24) is 5.32 Å². The van der Waals surface area contributed by atoms with Gasteiger partial charge in [0.15, 0.2) is 0 Å². The Balaban J connectivity index is 3.05. The van der Waals surface area contributed by atoms with E-state index in [2.05, 4.69) is 35.1 Å². The van der Waals surface area contributed by atoms with Crippen LogP contribution in [0.5, 0.6) is 0 Å². The highest BCUT2D eigenvalue weighted by Gasteiger charge is 1.97. The lowest BCUT2D eigenvalue weighted by Crippen LogP contribution is -2.25. The Morgan fingerprint density at radius 2 is 2.08 bits per heavy atom. The molecule has 72 valence electrons. The van der Waals surface area contributed by atoms with Crippen LogP contribution in [-0.2, 0) is 4.79 Å². The molecule has 0 bridgehead atoms. The monoisotopic (exact) mass is 235 g/mol. The molecule has 0 heterocycles. The van der Waals surface area contributed by atoms with Gasteiger partial charge in [-0.05, 0) is 12.3 Å². The Labute approximate surface area is 83.2 Å². The number of nitrogens with one attached hydrogen (secondary N) is 1. The fraction of sp³-hybridized carbons (Fsp3) is 0.889. The van der Waals surface area contributed by atoms with Crippen LogP contribution < -0.4 is 5.32 Å². The van der Waals surface area contributed by atoms with Gasteiger partial charge >= 0.3 is 0 Å². The van der Waals surface area contributed by atoms with Crippen molar-refractivity contribution in [3.8, 4) is 0 Å². The van der Waals surface area contributed by atoms with Gasteiger partial charge < -0.3 is 5.32 Å². The Morgan fingerprint density at radius 3 is 2.58 bits per heavy atom. The van der Waals surface area contributed by atoms with Gasteiger partial charge in [0, 0.05) is 6.54 Å². The minimum atomic E-state index is 0.0829. The lowest BCUT2D eigenvalue weighted by molar-refractivity contribution is -0.118. The molecular weight excluding hydrogens is 218 g/mol. The first-order valence-corrected chi connectivity index (χ1v) is 5.61. The fourth-order valence-corrected chi connectivity index (χ4v) is 1.15. The van der Waals surface area contributed by atoms with Gasteiger partial charge in [-0.25, -0.2) is 0 Å². The van der Waals surface area contributed by atoms with Crippen LogP contribution in [0.25, 0.3) is 0 Å². The van der Waals surface area contributed by atoms with Gasteiger partial charge in [0.25, 0.3) is 0 Å². The van der Waals surface area contributed by atoms with E-state index in [9.17, 15) is 4.79 Å². The second kappa shape index (κ2) is 7.59. The Bertz CT molecular complexity index is 126. The number of unbranched alkanes of at least 4 members (excludes halogenated alkanes) is 1. The van der Waals surface area contributed by atoms with E-state index in [0.717, 1.165) is 18.9 Å². The number of amides is 1. The molecule has 0 aliphatic rings. The standard InChI is InChI=1S/C9H18BrNO/c1-8(2)5-3-4-6-11-9(12)7-10/h8H,3-7H2,1-2H3,(H,11,12). The van der Waals surface area contributed by atoms with Crippen LogP contribution in [0.15, 0.2) is 0 Å². The van der Waals surface area contributed by atoms with Crippen molar-refractivity contribution < 1.29 is 4.79 Å². The van der Waals surface area contributed by atoms with Crippen molar-refractivity contribution in [2.75, 3.05) is 11.9 Å².